The average molecular weight is 688 g/mol. The molecule has 1 aliphatic heterocycles. The zero-order chi connectivity index (χ0) is 35.7. The smallest absolute Gasteiger partial charge is 0.332 e. The van der Waals surface area contributed by atoms with Gasteiger partial charge in [-0.25, -0.2) is 14.8 Å². The Balaban J connectivity index is 1.13. The van der Waals surface area contributed by atoms with Gasteiger partial charge in [-0.15, -0.1) is 0 Å². The number of aryl methyl sites for hydroxylation is 2. The van der Waals surface area contributed by atoms with Crippen molar-refractivity contribution in [3.8, 4) is 11.5 Å². The van der Waals surface area contributed by atoms with E-state index in [1.165, 1.54) is 25.1 Å². The van der Waals surface area contributed by atoms with E-state index >= 15 is 0 Å². The fourth-order valence-electron chi connectivity index (χ4n) is 5.77. The van der Waals surface area contributed by atoms with Gasteiger partial charge in [0.25, 0.3) is 11.5 Å². The minimum atomic E-state index is -0.587. The van der Waals surface area contributed by atoms with E-state index in [0.717, 1.165) is 10.1 Å². The Bertz CT molecular complexity index is 2270. The number of carbonyl (C=O) groups is 2. The molecule has 0 spiro atoms. The van der Waals surface area contributed by atoms with Crippen LogP contribution in [0.3, 0.4) is 0 Å². The number of hydrogen-bond donors (Lipinski definition) is 3. The Labute approximate surface area is 284 Å². The van der Waals surface area contributed by atoms with Gasteiger partial charge in [-0.2, -0.15) is 9.97 Å². The first kappa shape index (κ1) is 33.8. The predicted molar refractivity (Wildman–Crippen MR) is 183 cm³/mol. The lowest BCUT2D eigenvalue weighted by atomic mass is 10.2. The zero-order valence-electron chi connectivity index (χ0n) is 28.2. The standard InChI is InChI=1S/C32H37N11O7/c1-6-34-29(45)19-11-13-23(50-19)43-16-35-24-26(33)38-31(39-27(24)43)37-22(44)15-49-18-10-8-17(14-20(18)48-5)9-12-21-36-28-25(40(21)3)30(46)41(4)32(47)42(28)7-2/h8-10,12,14,16,19,23H,6-7,11,13,15H2,1-5H3,(H,34,45)(H3,33,37,38,39,44)/b12-9+/t19-,23+/m0/s1. The van der Waals surface area contributed by atoms with E-state index in [1.807, 2.05) is 13.8 Å². The van der Waals surface area contributed by atoms with E-state index < -0.39 is 29.5 Å². The van der Waals surface area contributed by atoms with Crippen molar-refractivity contribution < 1.29 is 23.8 Å². The van der Waals surface area contributed by atoms with Crippen LogP contribution in [0.25, 0.3) is 34.5 Å². The molecule has 1 saturated heterocycles. The van der Waals surface area contributed by atoms with E-state index in [2.05, 4.69) is 30.6 Å². The molecule has 0 aliphatic carbocycles. The molecule has 4 aromatic heterocycles. The number of ether oxygens (including phenoxy) is 3. The number of nitrogens with zero attached hydrogens (tertiary/aromatic N) is 8. The summed E-state index contributed by atoms with van der Waals surface area (Å²) < 4.78 is 23.0. The highest BCUT2D eigenvalue weighted by Gasteiger charge is 2.32. The van der Waals surface area contributed by atoms with Crippen LogP contribution < -0.4 is 37.1 Å². The highest BCUT2D eigenvalue weighted by Crippen LogP contribution is 2.32. The molecule has 6 rings (SSSR count). The summed E-state index contributed by atoms with van der Waals surface area (Å²) in [6, 6.07) is 5.13. The molecule has 5 heterocycles. The number of benzene rings is 1. The molecule has 4 N–H and O–H groups in total. The van der Waals surface area contributed by atoms with Gasteiger partial charge in [-0.3, -0.25) is 33.4 Å². The number of anilines is 2. The largest absolute Gasteiger partial charge is 0.493 e. The van der Waals surface area contributed by atoms with E-state index in [9.17, 15) is 19.2 Å². The maximum absolute atomic E-state index is 12.9. The lowest BCUT2D eigenvalue weighted by Crippen LogP contribution is -2.38. The van der Waals surface area contributed by atoms with Crippen LogP contribution >= 0.6 is 0 Å². The zero-order valence-corrected chi connectivity index (χ0v) is 28.2. The number of hydrogen-bond acceptors (Lipinski definition) is 12. The highest BCUT2D eigenvalue weighted by atomic mass is 16.5. The summed E-state index contributed by atoms with van der Waals surface area (Å²) >= 11 is 0. The first-order valence-electron chi connectivity index (χ1n) is 15.9. The van der Waals surface area contributed by atoms with Crippen LogP contribution in [0.5, 0.6) is 11.5 Å². The van der Waals surface area contributed by atoms with Gasteiger partial charge < -0.3 is 29.8 Å². The number of rotatable bonds is 11. The summed E-state index contributed by atoms with van der Waals surface area (Å²) in [6.45, 7) is 4.13. The fourth-order valence-corrected chi connectivity index (χ4v) is 5.77. The van der Waals surface area contributed by atoms with E-state index in [4.69, 9.17) is 19.9 Å². The van der Waals surface area contributed by atoms with Crippen molar-refractivity contribution in [3.63, 3.8) is 0 Å². The molecule has 0 radical (unpaired) electrons. The van der Waals surface area contributed by atoms with Crippen molar-refractivity contribution >= 4 is 58.1 Å². The van der Waals surface area contributed by atoms with Gasteiger partial charge in [0.1, 0.15) is 23.7 Å². The first-order valence-corrected chi connectivity index (χ1v) is 15.9. The average Bonchev–Trinajstić information content (AvgIpc) is 3.84. The molecule has 0 unspecified atom stereocenters. The number of aromatic nitrogens is 8. The highest BCUT2D eigenvalue weighted by molar-refractivity contribution is 5.92. The first-order chi connectivity index (χ1) is 24.0. The third kappa shape index (κ3) is 6.27. The van der Waals surface area contributed by atoms with Gasteiger partial charge in [0.05, 0.1) is 13.4 Å². The van der Waals surface area contributed by atoms with Crippen molar-refractivity contribution in [1.82, 2.24) is 43.5 Å². The molecule has 1 fully saturated rings. The van der Waals surface area contributed by atoms with Crippen LogP contribution in [0.15, 0.2) is 34.1 Å². The number of nitrogen functional groups attached to an aromatic ring is 1. The van der Waals surface area contributed by atoms with E-state index in [0.29, 0.717) is 65.6 Å². The number of fused-ring (bicyclic) bond motifs is 2. The number of imidazole rings is 2. The Kier molecular flexibility index (Phi) is 9.36. The third-order valence-electron chi connectivity index (χ3n) is 8.33. The molecule has 2 amide bonds. The van der Waals surface area contributed by atoms with Crippen LogP contribution in [0.1, 0.15) is 44.3 Å². The summed E-state index contributed by atoms with van der Waals surface area (Å²) in [5.41, 5.74) is 7.32. The second-order valence-corrected chi connectivity index (χ2v) is 11.5. The maximum Gasteiger partial charge on any atom is 0.332 e. The lowest BCUT2D eigenvalue weighted by molar-refractivity contribution is -0.133. The van der Waals surface area contributed by atoms with Crippen LogP contribution in [0.4, 0.5) is 11.8 Å². The molecule has 0 bridgehead atoms. The Hall–Kier alpha value is -6.04. The number of nitrogens with two attached hydrogens (primary N) is 1. The van der Waals surface area contributed by atoms with Crippen molar-refractivity contribution in [2.45, 2.75) is 45.6 Å². The normalized spacial score (nSPS) is 16.0. The van der Waals surface area contributed by atoms with Crippen molar-refractivity contribution in [2.24, 2.45) is 14.1 Å². The minimum absolute atomic E-state index is 0.0493. The summed E-state index contributed by atoms with van der Waals surface area (Å²) in [4.78, 5) is 67.9. The van der Waals surface area contributed by atoms with Gasteiger partial charge in [0.2, 0.25) is 11.9 Å². The lowest BCUT2D eigenvalue weighted by Gasteiger charge is -2.15. The summed E-state index contributed by atoms with van der Waals surface area (Å²) in [6.07, 6.45) is 5.04. The predicted octanol–water partition coefficient (Wildman–Crippen LogP) is 1.19. The molecule has 2 atom stereocenters. The van der Waals surface area contributed by atoms with Gasteiger partial charge in [0, 0.05) is 27.2 Å². The third-order valence-corrected chi connectivity index (χ3v) is 8.33. The van der Waals surface area contributed by atoms with Crippen molar-refractivity contribution in [2.75, 3.05) is 31.3 Å². The molecule has 18 nitrogen and oxygen atoms in total. The van der Waals surface area contributed by atoms with Gasteiger partial charge in [0.15, 0.2) is 40.7 Å². The van der Waals surface area contributed by atoms with Crippen molar-refractivity contribution in [3.05, 3.63) is 56.8 Å². The van der Waals surface area contributed by atoms with E-state index in [-0.39, 0.29) is 24.3 Å². The molecule has 262 valence electrons. The van der Waals surface area contributed by atoms with Crippen LogP contribution in [-0.2, 0) is 35.0 Å². The topological polar surface area (TPSA) is 217 Å². The molecule has 1 aromatic carbocycles. The Morgan fingerprint density at radius 2 is 1.86 bits per heavy atom. The minimum Gasteiger partial charge on any atom is -0.493 e. The van der Waals surface area contributed by atoms with Gasteiger partial charge >= 0.3 is 5.69 Å². The molecular weight excluding hydrogens is 650 g/mol. The molecule has 1 aliphatic rings. The second-order valence-electron chi connectivity index (χ2n) is 11.5. The Morgan fingerprint density at radius 3 is 2.60 bits per heavy atom. The van der Waals surface area contributed by atoms with Crippen LogP contribution in [0, 0.1) is 0 Å². The molecule has 0 saturated carbocycles. The van der Waals surface area contributed by atoms with Crippen molar-refractivity contribution in [1.29, 1.82) is 0 Å². The van der Waals surface area contributed by atoms with Crippen LogP contribution in [-0.4, -0.2) is 76.4 Å². The summed E-state index contributed by atoms with van der Waals surface area (Å²) in [5, 5.41) is 5.36. The molecule has 18 heteroatoms. The molecule has 50 heavy (non-hydrogen) atoms. The van der Waals surface area contributed by atoms with E-state index in [1.54, 1.807) is 46.5 Å². The number of nitrogens with one attached hydrogen (secondary N) is 2. The summed E-state index contributed by atoms with van der Waals surface area (Å²) in [7, 11) is 4.63. The van der Waals surface area contributed by atoms with Gasteiger partial charge in [-0.05, 0) is 50.5 Å². The molecule has 5 aromatic rings. The molecular formula is C32H37N11O7. The SMILES string of the molecule is CCNC(=O)[C@@H]1CC[C@H](n2cnc3c(N)nc(NC(=O)COc4ccc(/C=C/c5nc6c(c(=O)n(C)c(=O)n6CC)n5C)cc4OC)nc32)O1. The summed E-state index contributed by atoms with van der Waals surface area (Å²) in [5.74, 6) is 0.444. The second kappa shape index (κ2) is 13.8. The number of likely N-dealkylation sites (N-methyl/N-ethyl adjacent to an activating group) is 1. The monoisotopic (exact) mass is 687 g/mol. The number of amides is 2. The number of methoxy groups -OCH3 is 1. The quantitative estimate of drug-likeness (QED) is 0.178. The fraction of sp³-hybridized carbons (Fsp3) is 0.375. The maximum atomic E-state index is 12.9. The van der Waals surface area contributed by atoms with Gasteiger partial charge in [-0.1, -0.05) is 12.1 Å². The van der Waals surface area contributed by atoms with Crippen LogP contribution in [0.2, 0.25) is 0 Å². The number of carbonyl (C=O) groups excluding carboxylic acids is 2. The Morgan fingerprint density at radius 1 is 1.06 bits per heavy atom.